The van der Waals surface area contributed by atoms with Crippen LogP contribution in [-0.2, 0) is 42.8 Å². The molecular formula is C32H32N3O15P3. The Kier molecular flexibility index (Phi) is 11.2. The molecule has 21 heteroatoms. The molecule has 0 saturated carbocycles. The number of carbonyl (C=O) groups is 1. The van der Waals surface area contributed by atoms with Crippen molar-refractivity contribution in [1.29, 1.82) is 0 Å². The highest BCUT2D eigenvalue weighted by molar-refractivity contribution is 7.66. The minimum Gasteiger partial charge on any atom is -0.390 e. The van der Waals surface area contributed by atoms with Crippen LogP contribution in [0.1, 0.15) is 36.6 Å². The van der Waals surface area contributed by atoms with Gasteiger partial charge in [0.05, 0.1) is 19.3 Å². The fourth-order valence-corrected chi connectivity index (χ4v) is 9.15. The van der Waals surface area contributed by atoms with Gasteiger partial charge in [0.1, 0.15) is 17.9 Å². The molecule has 1 aliphatic rings. The van der Waals surface area contributed by atoms with Crippen LogP contribution < -0.4 is 16.6 Å². The maximum atomic E-state index is 12.6. The summed E-state index contributed by atoms with van der Waals surface area (Å²) in [7, 11) is -16.9. The highest BCUT2D eigenvalue weighted by Gasteiger charge is 2.43. The Morgan fingerprint density at radius 2 is 1.62 bits per heavy atom. The molecule has 2 heterocycles. The molecule has 1 aromatic heterocycles. The van der Waals surface area contributed by atoms with Gasteiger partial charge in [-0.05, 0) is 50.7 Å². The van der Waals surface area contributed by atoms with Gasteiger partial charge in [-0.3, -0.25) is 23.7 Å². The number of benzene rings is 4. The second-order valence-electron chi connectivity index (χ2n) is 12.0. The van der Waals surface area contributed by atoms with Crippen molar-refractivity contribution in [1.82, 2.24) is 14.9 Å². The van der Waals surface area contributed by atoms with E-state index in [1.807, 2.05) is 6.07 Å². The number of rotatable bonds is 13. The third-order valence-electron chi connectivity index (χ3n) is 8.37. The van der Waals surface area contributed by atoms with Crippen molar-refractivity contribution in [3.8, 4) is 11.8 Å². The molecule has 2 unspecified atom stereocenters. The molecule has 6 rings (SSSR count). The van der Waals surface area contributed by atoms with Gasteiger partial charge < -0.3 is 34.7 Å². The largest absolute Gasteiger partial charge is 0.490 e. The van der Waals surface area contributed by atoms with Crippen LogP contribution in [0, 0.1) is 11.8 Å². The number of aromatic nitrogens is 2. The third-order valence-corrected chi connectivity index (χ3v) is 12.2. The Morgan fingerprint density at radius 1 is 0.943 bits per heavy atom. The maximum Gasteiger partial charge on any atom is 0.490 e. The number of ether oxygens (including phenoxy) is 1. The number of aliphatic hydroxyl groups excluding tert-OH is 1. The van der Waals surface area contributed by atoms with E-state index in [9.17, 15) is 43.0 Å². The number of carbonyl (C=O) groups excluding carboxylic acids is 1. The number of phosphoric ester groups is 1. The number of hydrogen-bond donors (Lipinski definition) is 7. The van der Waals surface area contributed by atoms with Crippen LogP contribution in [-0.4, -0.2) is 65.5 Å². The van der Waals surface area contributed by atoms with Crippen LogP contribution in [0.2, 0.25) is 0 Å². The van der Waals surface area contributed by atoms with E-state index >= 15 is 0 Å². The molecule has 53 heavy (non-hydrogen) atoms. The predicted molar refractivity (Wildman–Crippen MR) is 189 cm³/mol. The summed E-state index contributed by atoms with van der Waals surface area (Å²) < 4.78 is 52.5. The third kappa shape index (κ3) is 9.37. The second-order valence-corrected chi connectivity index (χ2v) is 16.5. The Bertz CT molecular complexity index is 2500. The van der Waals surface area contributed by atoms with Gasteiger partial charge in [0.25, 0.3) is 5.56 Å². The number of hydrogen-bond acceptors (Lipinski definition) is 11. The van der Waals surface area contributed by atoms with Crippen molar-refractivity contribution >= 4 is 61.7 Å². The lowest BCUT2D eigenvalue weighted by Gasteiger charge is -2.19. The minimum atomic E-state index is -5.76. The van der Waals surface area contributed by atoms with Gasteiger partial charge in [0.2, 0.25) is 5.91 Å². The average molecular weight is 792 g/mol. The van der Waals surface area contributed by atoms with Crippen molar-refractivity contribution in [2.24, 2.45) is 0 Å². The number of aromatic amines is 1. The summed E-state index contributed by atoms with van der Waals surface area (Å²) in [4.78, 5) is 75.8. The minimum absolute atomic E-state index is 0.0998. The van der Waals surface area contributed by atoms with Crippen LogP contribution >= 0.6 is 23.5 Å². The first-order chi connectivity index (χ1) is 25.0. The highest BCUT2D eigenvalue weighted by atomic mass is 31.3. The molecule has 280 valence electrons. The molecule has 0 bridgehead atoms. The first-order valence-electron chi connectivity index (χ1n) is 15.9. The van der Waals surface area contributed by atoms with Crippen LogP contribution in [0.3, 0.4) is 0 Å². The Hall–Kier alpha value is -4.04. The molecule has 0 spiro atoms. The zero-order valence-corrected chi connectivity index (χ0v) is 30.0. The summed E-state index contributed by atoms with van der Waals surface area (Å²) in [5.41, 5.74) is -0.810. The Balaban J connectivity index is 1.02. The van der Waals surface area contributed by atoms with Crippen molar-refractivity contribution in [2.75, 3.05) is 13.2 Å². The summed E-state index contributed by atoms with van der Waals surface area (Å²) in [6.45, 7) is -1.05. The summed E-state index contributed by atoms with van der Waals surface area (Å²) in [6, 6.07) is 18.9. The average Bonchev–Trinajstić information content (AvgIpc) is 3.44. The molecular weight excluding hydrogens is 759 g/mol. The molecule has 1 fully saturated rings. The van der Waals surface area contributed by atoms with Crippen LogP contribution in [0.25, 0.3) is 32.3 Å². The van der Waals surface area contributed by atoms with Gasteiger partial charge in [-0.25, -0.2) is 18.5 Å². The van der Waals surface area contributed by atoms with E-state index in [0.29, 0.717) is 12.8 Å². The number of aliphatic hydroxyl groups is 1. The zero-order chi connectivity index (χ0) is 38.1. The predicted octanol–water partition coefficient (Wildman–Crippen LogP) is 2.92. The van der Waals surface area contributed by atoms with Gasteiger partial charge in [0.15, 0.2) is 0 Å². The molecule has 5 atom stereocenters. The van der Waals surface area contributed by atoms with Gasteiger partial charge in [-0.15, -0.1) is 0 Å². The molecule has 5 aromatic rings. The number of H-pyrrole nitrogens is 1. The Labute approximate surface area is 299 Å². The van der Waals surface area contributed by atoms with Gasteiger partial charge in [0, 0.05) is 19.0 Å². The van der Waals surface area contributed by atoms with Crippen LogP contribution in [0.4, 0.5) is 0 Å². The number of nitrogens with one attached hydrogen (secondary N) is 2. The maximum absolute atomic E-state index is 12.6. The van der Waals surface area contributed by atoms with Crippen molar-refractivity contribution in [2.45, 2.75) is 44.1 Å². The quantitative estimate of drug-likeness (QED) is 0.0513. The SMILES string of the molecule is O=C(CCCc1ccc2ccc3cccc4ccc1c2c34)NCC#Cc1cn([C@H]2C[C@H](O)[C@@H](COP(=O)(O)OP(=O)(O)OP(=O)(O)O)O2)c(=O)[nH]c1=O. The molecule has 0 radical (unpaired) electrons. The van der Waals surface area contributed by atoms with Crippen LogP contribution in [0.5, 0.6) is 0 Å². The standard InChI is InChI=1S/C32H32N3O15P3/c36-25-16-28(48-26(25)18-47-52(43,44)50-53(45,46)49-51(40,41)42)35-17-23(31(38)34-32(35)39)7-3-15-33-27(37)8-2-4-19-9-10-22-12-11-20-5-1-6-21-13-14-24(19)30(22)29(20)21/h1,5-6,9-14,17,25-26,28,36H,2,4,8,15-16,18H2,(H,33,37)(H,43,44)(H,45,46)(H,34,38,39)(H2,40,41,42)/t25-,26+,28+/m0/s1. The lowest BCUT2D eigenvalue weighted by atomic mass is 9.90. The fraction of sp³-hybridized carbons (Fsp3) is 0.281. The summed E-state index contributed by atoms with van der Waals surface area (Å²) in [5, 5.41) is 20.1. The second kappa shape index (κ2) is 15.4. The van der Waals surface area contributed by atoms with E-state index < -0.39 is 59.8 Å². The normalized spacial score (nSPS) is 19.9. The molecule has 4 aromatic carbocycles. The number of amides is 1. The van der Waals surface area contributed by atoms with E-state index in [0.717, 1.165) is 27.1 Å². The highest BCUT2D eigenvalue weighted by Crippen LogP contribution is 2.66. The molecule has 0 aliphatic carbocycles. The molecule has 1 aliphatic heterocycles. The summed E-state index contributed by atoms with van der Waals surface area (Å²) >= 11 is 0. The molecule has 1 amide bonds. The number of nitrogens with zero attached hydrogens (tertiary/aromatic N) is 1. The zero-order valence-electron chi connectivity index (χ0n) is 27.4. The lowest BCUT2D eigenvalue weighted by Crippen LogP contribution is -2.34. The summed E-state index contributed by atoms with van der Waals surface area (Å²) in [6.07, 6.45) is -1.79. The van der Waals surface area contributed by atoms with E-state index in [-0.39, 0.29) is 30.9 Å². The van der Waals surface area contributed by atoms with Crippen molar-refractivity contribution in [3.63, 3.8) is 0 Å². The van der Waals surface area contributed by atoms with Gasteiger partial charge in [-0.1, -0.05) is 66.4 Å². The number of aryl methyl sites for hydroxylation is 1. The Morgan fingerprint density at radius 3 is 2.34 bits per heavy atom. The first-order valence-corrected chi connectivity index (χ1v) is 20.4. The first kappa shape index (κ1) is 38.7. The van der Waals surface area contributed by atoms with Gasteiger partial charge >= 0.3 is 29.2 Å². The van der Waals surface area contributed by atoms with Crippen LogP contribution in [0.15, 0.2) is 70.4 Å². The fourth-order valence-electron chi connectivity index (χ4n) is 6.12. The molecule has 1 saturated heterocycles. The lowest BCUT2D eigenvalue weighted by molar-refractivity contribution is -0.120. The topological polar surface area (TPSA) is 273 Å². The van der Waals surface area contributed by atoms with E-state index in [2.05, 4.69) is 83.8 Å². The van der Waals surface area contributed by atoms with E-state index in [1.165, 1.54) is 21.5 Å². The molecule has 7 N–H and O–H groups in total. The molecule has 18 nitrogen and oxygen atoms in total. The monoisotopic (exact) mass is 791 g/mol. The van der Waals surface area contributed by atoms with E-state index in [4.69, 9.17) is 14.5 Å². The van der Waals surface area contributed by atoms with E-state index in [1.54, 1.807) is 0 Å². The summed E-state index contributed by atoms with van der Waals surface area (Å²) in [5.74, 6) is 4.99. The number of phosphoric acid groups is 3. The smallest absolute Gasteiger partial charge is 0.390 e. The van der Waals surface area contributed by atoms with Gasteiger partial charge in [-0.2, -0.15) is 8.62 Å². The van der Waals surface area contributed by atoms with Crippen molar-refractivity contribution in [3.05, 3.63) is 92.8 Å². The van der Waals surface area contributed by atoms with Crippen molar-refractivity contribution < 1.29 is 61.1 Å².